The third-order valence-electron chi connectivity index (χ3n) is 2.55. The molecule has 0 bridgehead atoms. The number of benzene rings is 2. The molecule has 4 nitrogen and oxygen atoms in total. The van der Waals surface area contributed by atoms with Gasteiger partial charge in [0, 0.05) is 12.1 Å². The molecule has 0 spiro atoms. The van der Waals surface area contributed by atoms with E-state index >= 15 is 0 Å². The standard InChI is InChI=1S/C13H7Br2F2NO3/c14-9-2-1-7(3-12(9)18(19)20)6-21-13-10(15)4-8(16)5-11(13)17/h1-5H,6H2. The second-order valence-electron chi connectivity index (χ2n) is 4.03. The van der Waals surface area contributed by atoms with Crippen LogP contribution >= 0.6 is 31.9 Å². The predicted molar refractivity (Wildman–Crippen MR) is 79.2 cm³/mol. The Morgan fingerprint density at radius 3 is 2.48 bits per heavy atom. The average Bonchev–Trinajstić information content (AvgIpc) is 2.38. The van der Waals surface area contributed by atoms with Crippen molar-refractivity contribution < 1.29 is 18.4 Å². The van der Waals surface area contributed by atoms with E-state index in [1.54, 1.807) is 6.07 Å². The van der Waals surface area contributed by atoms with Crippen LogP contribution in [0.15, 0.2) is 39.3 Å². The second kappa shape index (κ2) is 6.48. The first-order chi connectivity index (χ1) is 9.88. The number of ether oxygens (including phenoxy) is 1. The molecule has 0 aliphatic rings. The van der Waals surface area contributed by atoms with Crippen LogP contribution in [0.2, 0.25) is 0 Å². The molecule has 0 N–H and O–H groups in total. The first-order valence-corrected chi connectivity index (χ1v) is 7.17. The minimum absolute atomic E-state index is 0.0880. The van der Waals surface area contributed by atoms with Crippen molar-refractivity contribution in [1.82, 2.24) is 0 Å². The quantitative estimate of drug-likeness (QED) is 0.515. The van der Waals surface area contributed by atoms with E-state index in [9.17, 15) is 18.9 Å². The first kappa shape index (κ1) is 15.8. The molecule has 2 rings (SSSR count). The topological polar surface area (TPSA) is 52.4 Å². The van der Waals surface area contributed by atoms with E-state index in [4.69, 9.17) is 4.74 Å². The molecular formula is C13H7Br2F2NO3. The Labute approximate surface area is 135 Å². The van der Waals surface area contributed by atoms with Gasteiger partial charge in [0.25, 0.3) is 5.69 Å². The molecule has 21 heavy (non-hydrogen) atoms. The Morgan fingerprint density at radius 1 is 1.14 bits per heavy atom. The molecule has 8 heteroatoms. The van der Waals surface area contributed by atoms with Crippen molar-refractivity contribution >= 4 is 37.5 Å². The highest BCUT2D eigenvalue weighted by Crippen LogP contribution is 2.31. The Kier molecular flexibility index (Phi) is 4.89. The van der Waals surface area contributed by atoms with E-state index in [1.807, 2.05) is 0 Å². The van der Waals surface area contributed by atoms with Gasteiger partial charge >= 0.3 is 0 Å². The lowest BCUT2D eigenvalue weighted by molar-refractivity contribution is -0.385. The number of hydrogen-bond acceptors (Lipinski definition) is 3. The van der Waals surface area contributed by atoms with Gasteiger partial charge in [-0.15, -0.1) is 0 Å². The SMILES string of the molecule is O=[N+]([O-])c1cc(COc2c(F)cc(F)cc2Br)ccc1Br. The van der Waals surface area contributed by atoms with Gasteiger partial charge in [-0.3, -0.25) is 10.1 Å². The van der Waals surface area contributed by atoms with Crippen molar-refractivity contribution in [3.8, 4) is 5.75 Å². The fourth-order valence-electron chi connectivity index (χ4n) is 1.61. The summed E-state index contributed by atoms with van der Waals surface area (Å²) in [6, 6.07) is 6.20. The van der Waals surface area contributed by atoms with E-state index in [1.165, 1.54) is 12.1 Å². The highest BCUT2D eigenvalue weighted by molar-refractivity contribution is 9.11. The average molecular weight is 423 g/mol. The maximum Gasteiger partial charge on any atom is 0.283 e. The summed E-state index contributed by atoms with van der Waals surface area (Å²) >= 11 is 6.07. The van der Waals surface area contributed by atoms with Gasteiger partial charge in [0.2, 0.25) is 0 Å². The van der Waals surface area contributed by atoms with Crippen molar-refractivity contribution in [2.24, 2.45) is 0 Å². The molecule has 0 unspecified atom stereocenters. The van der Waals surface area contributed by atoms with Crippen LogP contribution in [0, 0.1) is 21.7 Å². The van der Waals surface area contributed by atoms with Gasteiger partial charge in [-0.1, -0.05) is 6.07 Å². The highest BCUT2D eigenvalue weighted by atomic mass is 79.9. The van der Waals surface area contributed by atoms with Crippen LogP contribution in [0.25, 0.3) is 0 Å². The summed E-state index contributed by atoms with van der Waals surface area (Å²) < 4.78 is 32.3. The lowest BCUT2D eigenvalue weighted by atomic mass is 10.2. The largest absolute Gasteiger partial charge is 0.485 e. The van der Waals surface area contributed by atoms with Crippen LogP contribution in [0.1, 0.15) is 5.56 Å². The van der Waals surface area contributed by atoms with Gasteiger partial charge in [0.15, 0.2) is 11.6 Å². The first-order valence-electron chi connectivity index (χ1n) is 5.58. The fourth-order valence-corrected chi connectivity index (χ4v) is 2.52. The van der Waals surface area contributed by atoms with Gasteiger partial charge in [-0.2, -0.15) is 0 Å². The minimum atomic E-state index is -0.853. The fraction of sp³-hybridized carbons (Fsp3) is 0.0769. The number of hydrogen-bond donors (Lipinski definition) is 0. The Balaban J connectivity index is 2.21. The molecule has 0 saturated heterocycles. The van der Waals surface area contributed by atoms with E-state index in [0.29, 0.717) is 16.1 Å². The minimum Gasteiger partial charge on any atom is -0.485 e. The smallest absolute Gasteiger partial charge is 0.283 e. The van der Waals surface area contributed by atoms with E-state index < -0.39 is 16.6 Å². The summed E-state index contributed by atoms with van der Waals surface area (Å²) in [6.45, 7) is -0.0880. The Morgan fingerprint density at radius 2 is 1.86 bits per heavy atom. The molecule has 0 aliphatic carbocycles. The lowest BCUT2D eigenvalue weighted by Crippen LogP contribution is -2.00. The molecule has 0 atom stereocenters. The van der Waals surface area contributed by atoms with Crippen LogP contribution in [-0.4, -0.2) is 4.92 Å². The van der Waals surface area contributed by atoms with Crippen molar-refractivity contribution in [3.05, 3.63) is 66.6 Å². The second-order valence-corrected chi connectivity index (χ2v) is 5.74. The number of rotatable bonds is 4. The van der Waals surface area contributed by atoms with Crippen LogP contribution in [0.5, 0.6) is 5.75 Å². The molecule has 0 heterocycles. The van der Waals surface area contributed by atoms with Crippen molar-refractivity contribution in [3.63, 3.8) is 0 Å². The molecule has 0 fully saturated rings. The van der Waals surface area contributed by atoms with Gasteiger partial charge < -0.3 is 4.74 Å². The molecule has 0 amide bonds. The molecular weight excluding hydrogens is 416 g/mol. The molecule has 2 aromatic carbocycles. The molecule has 2 aromatic rings. The van der Waals surface area contributed by atoms with Crippen molar-refractivity contribution in [1.29, 1.82) is 0 Å². The van der Waals surface area contributed by atoms with Crippen LogP contribution in [0.4, 0.5) is 14.5 Å². The van der Waals surface area contributed by atoms with Crippen LogP contribution in [0.3, 0.4) is 0 Å². The van der Waals surface area contributed by atoms with E-state index in [0.717, 1.165) is 6.07 Å². The van der Waals surface area contributed by atoms with Gasteiger partial charge in [-0.25, -0.2) is 8.78 Å². The summed E-state index contributed by atoms with van der Waals surface area (Å²) in [4.78, 5) is 10.3. The number of nitrogens with zero attached hydrogens (tertiary/aromatic N) is 1. The summed E-state index contributed by atoms with van der Waals surface area (Å²) in [6.07, 6.45) is 0. The zero-order valence-electron chi connectivity index (χ0n) is 10.3. The monoisotopic (exact) mass is 421 g/mol. The molecule has 0 aliphatic heterocycles. The van der Waals surface area contributed by atoms with Crippen molar-refractivity contribution in [2.45, 2.75) is 6.61 Å². The molecule has 0 radical (unpaired) electrons. The Bertz CT molecular complexity index is 687. The van der Waals surface area contributed by atoms with Crippen LogP contribution < -0.4 is 4.74 Å². The predicted octanol–water partition coefficient (Wildman–Crippen LogP) is 4.98. The van der Waals surface area contributed by atoms with E-state index in [2.05, 4.69) is 31.9 Å². The summed E-state index contributed by atoms with van der Waals surface area (Å²) in [5.41, 5.74) is 0.371. The summed E-state index contributed by atoms with van der Waals surface area (Å²) in [7, 11) is 0. The third kappa shape index (κ3) is 3.76. The number of nitro groups is 1. The maximum absolute atomic E-state index is 13.6. The third-order valence-corrected chi connectivity index (χ3v) is 3.81. The Hall–Kier alpha value is -1.54. The van der Waals surface area contributed by atoms with Crippen molar-refractivity contribution in [2.75, 3.05) is 0 Å². The molecule has 0 aromatic heterocycles. The maximum atomic E-state index is 13.6. The highest BCUT2D eigenvalue weighted by Gasteiger charge is 2.14. The van der Waals surface area contributed by atoms with Gasteiger partial charge in [-0.05, 0) is 49.6 Å². The van der Waals surface area contributed by atoms with Crippen LogP contribution in [-0.2, 0) is 6.61 Å². The van der Waals surface area contributed by atoms with Gasteiger partial charge in [0.1, 0.15) is 12.4 Å². The lowest BCUT2D eigenvalue weighted by Gasteiger charge is -2.09. The zero-order valence-corrected chi connectivity index (χ0v) is 13.4. The number of halogens is 4. The molecule has 0 saturated carbocycles. The number of nitro benzene ring substituents is 1. The summed E-state index contributed by atoms with van der Waals surface area (Å²) in [5.74, 6) is -1.73. The normalized spacial score (nSPS) is 10.5. The van der Waals surface area contributed by atoms with E-state index in [-0.39, 0.29) is 22.5 Å². The zero-order chi connectivity index (χ0) is 15.6. The molecule has 110 valence electrons. The summed E-state index contributed by atoms with van der Waals surface area (Å²) in [5, 5.41) is 10.8. The van der Waals surface area contributed by atoms with Gasteiger partial charge in [0.05, 0.1) is 13.9 Å².